The van der Waals surface area contributed by atoms with Gasteiger partial charge in [0.15, 0.2) is 5.13 Å². The van der Waals surface area contributed by atoms with Crippen LogP contribution in [0.3, 0.4) is 0 Å². The molecule has 2 aliphatic rings. The number of aromatic nitrogens is 2. The summed E-state index contributed by atoms with van der Waals surface area (Å²) in [6.07, 6.45) is 2.94. The molecule has 2 aromatic heterocycles. The zero-order valence-electron chi connectivity index (χ0n) is 20.5. The summed E-state index contributed by atoms with van der Waals surface area (Å²) in [5, 5.41) is 3.82. The lowest BCUT2D eigenvalue weighted by atomic mass is 9.98. The normalized spacial score (nSPS) is 20.5. The van der Waals surface area contributed by atoms with E-state index in [0.29, 0.717) is 23.7 Å². The largest absolute Gasteiger partial charge is 0.354 e. The highest BCUT2D eigenvalue weighted by Crippen LogP contribution is 2.44. The first kappa shape index (κ1) is 24.0. The third-order valence-corrected chi connectivity index (χ3v) is 9.50. The van der Waals surface area contributed by atoms with E-state index in [9.17, 15) is 14.0 Å². The number of nitrogens with one attached hydrogen (secondary N) is 1. The van der Waals surface area contributed by atoms with Crippen LogP contribution >= 0.6 is 22.7 Å². The number of nitrogens with zero attached hydrogens (tertiary/aromatic N) is 4. The molecule has 190 valence electrons. The third kappa shape index (κ3) is 4.27. The van der Waals surface area contributed by atoms with Crippen molar-refractivity contribution in [2.24, 2.45) is 5.92 Å². The Labute approximate surface area is 222 Å². The Morgan fingerprint density at radius 3 is 2.76 bits per heavy atom. The van der Waals surface area contributed by atoms with Crippen LogP contribution in [0.25, 0.3) is 20.7 Å². The molecule has 37 heavy (non-hydrogen) atoms. The number of rotatable bonds is 6. The second-order valence-electron chi connectivity index (χ2n) is 9.80. The molecule has 3 atom stereocenters. The number of piperidine rings is 1. The molecule has 2 amide bonds. The van der Waals surface area contributed by atoms with Crippen molar-refractivity contribution in [3.63, 3.8) is 0 Å². The van der Waals surface area contributed by atoms with E-state index in [2.05, 4.69) is 10.3 Å². The van der Waals surface area contributed by atoms with E-state index >= 15 is 0 Å². The summed E-state index contributed by atoms with van der Waals surface area (Å²) in [4.78, 5) is 40.8. The highest BCUT2D eigenvalue weighted by Gasteiger charge is 2.49. The molecule has 4 aromatic rings. The summed E-state index contributed by atoms with van der Waals surface area (Å²) in [7, 11) is 3.78. The Balaban J connectivity index is 1.28. The van der Waals surface area contributed by atoms with E-state index < -0.39 is 0 Å². The molecule has 10 heteroatoms. The maximum Gasteiger partial charge on any atom is 0.274 e. The second kappa shape index (κ2) is 9.50. The van der Waals surface area contributed by atoms with Gasteiger partial charge in [-0.25, -0.2) is 14.4 Å². The molecule has 0 spiro atoms. The van der Waals surface area contributed by atoms with Gasteiger partial charge in [-0.3, -0.25) is 9.59 Å². The predicted octanol–water partition coefficient (Wildman–Crippen LogP) is 5.05. The summed E-state index contributed by atoms with van der Waals surface area (Å²) in [6, 6.07) is 11.8. The van der Waals surface area contributed by atoms with Crippen LogP contribution in [-0.2, 0) is 0 Å². The molecule has 1 saturated heterocycles. The van der Waals surface area contributed by atoms with Crippen molar-refractivity contribution in [2.45, 2.75) is 31.3 Å². The van der Waals surface area contributed by atoms with Gasteiger partial charge >= 0.3 is 0 Å². The lowest BCUT2D eigenvalue weighted by Gasteiger charge is -2.35. The van der Waals surface area contributed by atoms with Gasteiger partial charge in [0.1, 0.15) is 11.5 Å². The molecule has 7 nitrogen and oxygen atoms in total. The molecule has 1 aliphatic carbocycles. The molecule has 0 radical (unpaired) electrons. The molecule has 2 aromatic carbocycles. The van der Waals surface area contributed by atoms with Crippen molar-refractivity contribution in [1.29, 1.82) is 0 Å². The number of anilines is 1. The fourth-order valence-electron chi connectivity index (χ4n) is 5.59. The van der Waals surface area contributed by atoms with Crippen molar-refractivity contribution in [3.05, 3.63) is 65.0 Å². The van der Waals surface area contributed by atoms with E-state index in [4.69, 9.17) is 4.98 Å². The maximum atomic E-state index is 14.1. The lowest BCUT2D eigenvalue weighted by Crippen LogP contribution is -2.50. The van der Waals surface area contributed by atoms with E-state index in [1.54, 1.807) is 17.6 Å². The Morgan fingerprint density at radius 2 is 1.97 bits per heavy atom. The SMILES string of the molecule is CN(C)c1nc(C(=O)N2[C@@H]3CC[C@@H](C3)[C@H]2CNC(=O)c2cccc3ncsc23)c(-c2ccc(F)cc2)s1. The number of carbonyl (C=O) groups excluding carboxylic acids is 2. The van der Waals surface area contributed by atoms with Gasteiger partial charge in [0.05, 0.1) is 32.2 Å². The monoisotopic (exact) mass is 535 g/mol. The van der Waals surface area contributed by atoms with Crippen LogP contribution in [0.2, 0.25) is 0 Å². The standard InChI is InChI=1S/C27H26FN5O2S2/c1-32(2)27-31-22(23(37-27)15-6-9-17(28)10-7-15)26(35)33-18-11-8-16(12-18)21(33)13-29-25(34)19-4-3-5-20-24(19)36-14-30-20/h3-7,9-10,14,16,18,21H,8,11-13H2,1-2H3,(H,29,34)/t16-,18+,21+/m0/s1. The highest BCUT2D eigenvalue weighted by atomic mass is 32.1. The van der Waals surface area contributed by atoms with Gasteiger partial charge in [-0.2, -0.15) is 0 Å². The second-order valence-corrected chi connectivity index (χ2v) is 11.6. The van der Waals surface area contributed by atoms with E-state index in [0.717, 1.165) is 45.1 Å². The predicted molar refractivity (Wildman–Crippen MR) is 145 cm³/mol. The summed E-state index contributed by atoms with van der Waals surface area (Å²) in [6.45, 7) is 0.386. The van der Waals surface area contributed by atoms with Crippen LogP contribution in [0, 0.1) is 11.7 Å². The molecule has 1 N–H and O–H groups in total. The van der Waals surface area contributed by atoms with E-state index in [-0.39, 0.29) is 29.7 Å². The molecule has 2 fully saturated rings. The highest BCUT2D eigenvalue weighted by molar-refractivity contribution is 7.19. The third-order valence-electron chi connectivity index (χ3n) is 7.36. The molecular formula is C27H26FN5O2S2. The topological polar surface area (TPSA) is 78.4 Å². The van der Waals surface area contributed by atoms with Gasteiger partial charge in [-0.05, 0) is 55.0 Å². The zero-order chi connectivity index (χ0) is 25.7. The Bertz CT molecular complexity index is 1480. The first-order valence-corrected chi connectivity index (χ1v) is 14.0. The minimum Gasteiger partial charge on any atom is -0.354 e. The number of likely N-dealkylation sites (tertiary alicyclic amines) is 1. The minimum absolute atomic E-state index is 0.0959. The quantitative estimate of drug-likeness (QED) is 0.374. The first-order valence-electron chi connectivity index (χ1n) is 12.3. The first-order chi connectivity index (χ1) is 17.9. The molecule has 0 unspecified atom stereocenters. The lowest BCUT2D eigenvalue weighted by molar-refractivity contribution is 0.0578. The number of hydrogen-bond acceptors (Lipinski definition) is 7. The molecule has 3 heterocycles. The van der Waals surface area contributed by atoms with Crippen LogP contribution < -0.4 is 10.2 Å². The minimum atomic E-state index is -0.323. The fourth-order valence-corrected chi connectivity index (χ4v) is 7.38. The average molecular weight is 536 g/mol. The van der Waals surface area contributed by atoms with Crippen LogP contribution in [0.5, 0.6) is 0 Å². The van der Waals surface area contributed by atoms with E-state index in [1.807, 2.05) is 42.1 Å². The number of halogens is 1. The Kier molecular flexibility index (Phi) is 6.16. The summed E-state index contributed by atoms with van der Waals surface area (Å²) >= 11 is 2.87. The van der Waals surface area contributed by atoms with Gasteiger partial charge in [-0.15, -0.1) is 11.3 Å². The molecule has 1 saturated carbocycles. The summed E-state index contributed by atoms with van der Waals surface area (Å²) in [5.41, 5.74) is 4.31. The van der Waals surface area contributed by atoms with Gasteiger partial charge in [0, 0.05) is 26.7 Å². The molecule has 2 bridgehead atoms. The maximum absolute atomic E-state index is 14.1. The Morgan fingerprint density at radius 1 is 1.16 bits per heavy atom. The number of hydrogen-bond donors (Lipinski definition) is 1. The molecular weight excluding hydrogens is 509 g/mol. The van der Waals surface area contributed by atoms with E-state index in [1.165, 1.54) is 34.8 Å². The van der Waals surface area contributed by atoms with Gasteiger partial charge in [0.2, 0.25) is 0 Å². The molecule has 1 aliphatic heterocycles. The number of amides is 2. The van der Waals surface area contributed by atoms with Crippen LogP contribution in [-0.4, -0.2) is 59.4 Å². The van der Waals surface area contributed by atoms with Gasteiger partial charge in [-0.1, -0.05) is 29.5 Å². The van der Waals surface area contributed by atoms with Crippen molar-refractivity contribution >= 4 is 49.8 Å². The number of thiazole rings is 2. The van der Waals surface area contributed by atoms with Crippen molar-refractivity contribution in [3.8, 4) is 10.4 Å². The average Bonchev–Trinajstić information content (AvgIpc) is 3.69. The number of fused-ring (bicyclic) bond motifs is 3. The van der Waals surface area contributed by atoms with Crippen LogP contribution in [0.4, 0.5) is 9.52 Å². The van der Waals surface area contributed by atoms with Gasteiger partial charge < -0.3 is 15.1 Å². The fraction of sp³-hybridized carbons (Fsp3) is 0.333. The van der Waals surface area contributed by atoms with Crippen molar-refractivity contribution < 1.29 is 14.0 Å². The Hall–Kier alpha value is -3.37. The van der Waals surface area contributed by atoms with Gasteiger partial charge in [0.25, 0.3) is 11.8 Å². The van der Waals surface area contributed by atoms with Crippen molar-refractivity contribution in [2.75, 3.05) is 25.5 Å². The summed E-state index contributed by atoms with van der Waals surface area (Å²) in [5.74, 6) is -0.259. The molecule has 6 rings (SSSR count). The number of benzene rings is 2. The van der Waals surface area contributed by atoms with Crippen LogP contribution in [0.15, 0.2) is 48.0 Å². The zero-order valence-corrected chi connectivity index (χ0v) is 22.1. The number of carbonyl (C=O) groups is 2. The van der Waals surface area contributed by atoms with Crippen molar-refractivity contribution in [1.82, 2.24) is 20.2 Å². The smallest absolute Gasteiger partial charge is 0.274 e. The van der Waals surface area contributed by atoms with Crippen LogP contribution in [0.1, 0.15) is 40.1 Å². The summed E-state index contributed by atoms with van der Waals surface area (Å²) < 4.78 is 14.5.